The first-order valence-corrected chi connectivity index (χ1v) is 6.70. The number of amides is 1. The lowest BCUT2D eigenvalue weighted by Gasteiger charge is -2.27. The minimum atomic E-state index is -0.195. The van der Waals surface area contributed by atoms with Crippen molar-refractivity contribution in [1.82, 2.24) is 4.90 Å². The zero-order valence-corrected chi connectivity index (χ0v) is 11.2. The van der Waals surface area contributed by atoms with Crippen LogP contribution >= 0.6 is 0 Å². The van der Waals surface area contributed by atoms with Gasteiger partial charge in [0.1, 0.15) is 0 Å². The van der Waals surface area contributed by atoms with Gasteiger partial charge in [-0.25, -0.2) is 0 Å². The molecule has 3 atom stereocenters. The molecule has 3 nitrogen and oxygen atoms in total. The van der Waals surface area contributed by atoms with Crippen LogP contribution in [-0.2, 0) is 4.79 Å². The summed E-state index contributed by atoms with van der Waals surface area (Å²) in [5, 5.41) is 0. The summed E-state index contributed by atoms with van der Waals surface area (Å²) < 4.78 is 0. The van der Waals surface area contributed by atoms with E-state index in [0.29, 0.717) is 18.5 Å². The summed E-state index contributed by atoms with van der Waals surface area (Å²) >= 11 is 0. The van der Waals surface area contributed by atoms with Crippen LogP contribution in [0.5, 0.6) is 0 Å². The van der Waals surface area contributed by atoms with Crippen molar-refractivity contribution in [2.24, 2.45) is 11.7 Å². The van der Waals surface area contributed by atoms with Crippen molar-refractivity contribution < 1.29 is 4.79 Å². The highest BCUT2D eigenvalue weighted by Gasteiger charge is 2.34. The summed E-state index contributed by atoms with van der Waals surface area (Å²) in [5.41, 5.74) is 6.83. The van der Waals surface area contributed by atoms with E-state index < -0.39 is 0 Å². The lowest BCUT2D eigenvalue weighted by molar-refractivity contribution is -0.133. The van der Waals surface area contributed by atoms with E-state index in [1.165, 1.54) is 0 Å². The van der Waals surface area contributed by atoms with Gasteiger partial charge in [0.05, 0.1) is 5.92 Å². The molecule has 0 radical (unpaired) electrons. The zero-order valence-electron chi connectivity index (χ0n) is 11.2. The lowest BCUT2D eigenvalue weighted by atomic mass is 9.97. The largest absolute Gasteiger partial charge is 0.339 e. The zero-order chi connectivity index (χ0) is 13.1. The number of benzene rings is 1. The Morgan fingerprint density at radius 1 is 1.39 bits per heavy atom. The first-order chi connectivity index (χ1) is 8.65. The SMILES string of the molecule is C[C@@H]1CCN(C(=O)[C@H](CN)c2ccccc2)[C@@H]1C. The van der Waals surface area contributed by atoms with Crippen LogP contribution in [0.1, 0.15) is 31.7 Å². The van der Waals surface area contributed by atoms with Gasteiger partial charge in [-0.15, -0.1) is 0 Å². The predicted octanol–water partition coefficient (Wildman–Crippen LogP) is 1.99. The first kappa shape index (κ1) is 13.1. The fourth-order valence-corrected chi connectivity index (χ4v) is 2.67. The molecular formula is C15H22N2O. The first-order valence-electron chi connectivity index (χ1n) is 6.70. The molecule has 2 rings (SSSR count). The summed E-state index contributed by atoms with van der Waals surface area (Å²) in [6.07, 6.45) is 1.10. The molecule has 1 aliphatic heterocycles. The smallest absolute Gasteiger partial charge is 0.231 e. The molecule has 1 aliphatic rings. The Morgan fingerprint density at radius 2 is 2.06 bits per heavy atom. The van der Waals surface area contributed by atoms with E-state index in [-0.39, 0.29) is 11.8 Å². The molecule has 3 heteroatoms. The highest BCUT2D eigenvalue weighted by Crippen LogP contribution is 2.27. The highest BCUT2D eigenvalue weighted by molar-refractivity contribution is 5.84. The molecule has 1 fully saturated rings. The number of hydrogen-bond donors (Lipinski definition) is 1. The molecular weight excluding hydrogens is 224 g/mol. The average molecular weight is 246 g/mol. The molecule has 0 unspecified atom stereocenters. The van der Waals surface area contributed by atoms with Gasteiger partial charge in [-0.3, -0.25) is 4.79 Å². The van der Waals surface area contributed by atoms with E-state index in [9.17, 15) is 4.79 Å². The topological polar surface area (TPSA) is 46.3 Å². The van der Waals surface area contributed by atoms with Crippen LogP contribution in [0, 0.1) is 5.92 Å². The van der Waals surface area contributed by atoms with E-state index in [1.807, 2.05) is 35.2 Å². The summed E-state index contributed by atoms with van der Waals surface area (Å²) in [7, 11) is 0. The summed E-state index contributed by atoms with van der Waals surface area (Å²) in [6, 6.07) is 10.2. The number of likely N-dealkylation sites (tertiary alicyclic amines) is 1. The van der Waals surface area contributed by atoms with Gasteiger partial charge < -0.3 is 10.6 Å². The van der Waals surface area contributed by atoms with Crippen LogP contribution in [0.3, 0.4) is 0 Å². The van der Waals surface area contributed by atoms with Crippen LogP contribution in [-0.4, -0.2) is 29.9 Å². The van der Waals surface area contributed by atoms with Crippen LogP contribution in [0.15, 0.2) is 30.3 Å². The average Bonchev–Trinajstić information content (AvgIpc) is 2.72. The van der Waals surface area contributed by atoms with Gasteiger partial charge in [-0.2, -0.15) is 0 Å². The predicted molar refractivity (Wildman–Crippen MR) is 73.2 cm³/mol. The number of rotatable bonds is 3. The van der Waals surface area contributed by atoms with Crippen molar-refractivity contribution in [3.8, 4) is 0 Å². The van der Waals surface area contributed by atoms with Gasteiger partial charge in [-0.1, -0.05) is 37.3 Å². The normalized spacial score (nSPS) is 25.2. The molecule has 1 aromatic carbocycles. The molecule has 1 amide bonds. The second kappa shape index (κ2) is 5.53. The maximum atomic E-state index is 12.6. The third-order valence-electron chi connectivity index (χ3n) is 4.16. The van der Waals surface area contributed by atoms with Crippen molar-refractivity contribution in [3.63, 3.8) is 0 Å². The number of carbonyl (C=O) groups excluding carboxylic acids is 1. The minimum absolute atomic E-state index is 0.181. The fourth-order valence-electron chi connectivity index (χ4n) is 2.67. The van der Waals surface area contributed by atoms with Crippen LogP contribution < -0.4 is 5.73 Å². The molecule has 0 saturated carbocycles. The van der Waals surface area contributed by atoms with Crippen LogP contribution in [0.25, 0.3) is 0 Å². The van der Waals surface area contributed by atoms with Gasteiger partial charge in [0.15, 0.2) is 0 Å². The van der Waals surface area contributed by atoms with Crippen molar-refractivity contribution >= 4 is 5.91 Å². The Morgan fingerprint density at radius 3 is 2.56 bits per heavy atom. The summed E-state index contributed by atoms with van der Waals surface area (Å²) in [4.78, 5) is 14.6. The van der Waals surface area contributed by atoms with Crippen molar-refractivity contribution in [2.45, 2.75) is 32.2 Å². The Labute approximate surface area is 109 Å². The summed E-state index contributed by atoms with van der Waals surface area (Å²) in [6.45, 7) is 5.58. The number of carbonyl (C=O) groups is 1. The van der Waals surface area contributed by atoms with Gasteiger partial charge >= 0.3 is 0 Å². The minimum Gasteiger partial charge on any atom is -0.339 e. The standard InChI is InChI=1S/C15H22N2O/c1-11-8-9-17(12(11)2)15(18)14(10-16)13-6-4-3-5-7-13/h3-7,11-12,14H,8-10,16H2,1-2H3/t11-,12-,14-/m1/s1. The van der Waals surface area contributed by atoms with E-state index in [2.05, 4.69) is 13.8 Å². The Hall–Kier alpha value is -1.35. The number of nitrogens with zero attached hydrogens (tertiary/aromatic N) is 1. The lowest BCUT2D eigenvalue weighted by Crippen LogP contribution is -2.40. The van der Waals surface area contributed by atoms with Gasteiger partial charge in [-0.05, 0) is 24.8 Å². The van der Waals surface area contributed by atoms with Crippen LogP contribution in [0.4, 0.5) is 0 Å². The van der Waals surface area contributed by atoms with Gasteiger partial charge in [0, 0.05) is 19.1 Å². The van der Waals surface area contributed by atoms with Crippen molar-refractivity contribution in [2.75, 3.05) is 13.1 Å². The van der Waals surface area contributed by atoms with Crippen molar-refractivity contribution in [1.29, 1.82) is 0 Å². The fraction of sp³-hybridized carbons (Fsp3) is 0.533. The van der Waals surface area contributed by atoms with E-state index in [0.717, 1.165) is 18.5 Å². The molecule has 2 N–H and O–H groups in total. The highest BCUT2D eigenvalue weighted by atomic mass is 16.2. The van der Waals surface area contributed by atoms with Gasteiger partial charge in [0.25, 0.3) is 0 Å². The molecule has 0 aromatic heterocycles. The van der Waals surface area contributed by atoms with E-state index >= 15 is 0 Å². The Kier molecular flexibility index (Phi) is 4.02. The van der Waals surface area contributed by atoms with E-state index in [1.54, 1.807) is 0 Å². The number of hydrogen-bond acceptors (Lipinski definition) is 2. The molecule has 1 heterocycles. The van der Waals surface area contributed by atoms with Gasteiger partial charge in [0.2, 0.25) is 5.91 Å². The van der Waals surface area contributed by atoms with E-state index in [4.69, 9.17) is 5.73 Å². The molecule has 0 aliphatic carbocycles. The molecule has 1 saturated heterocycles. The molecule has 1 aromatic rings. The third kappa shape index (κ3) is 2.41. The van der Waals surface area contributed by atoms with Crippen molar-refractivity contribution in [3.05, 3.63) is 35.9 Å². The second-order valence-corrected chi connectivity index (χ2v) is 5.24. The molecule has 98 valence electrons. The Balaban J connectivity index is 2.16. The maximum absolute atomic E-state index is 12.6. The third-order valence-corrected chi connectivity index (χ3v) is 4.16. The maximum Gasteiger partial charge on any atom is 0.231 e. The monoisotopic (exact) mass is 246 g/mol. The molecule has 0 bridgehead atoms. The Bertz CT molecular complexity index is 404. The van der Waals surface area contributed by atoms with Crippen LogP contribution in [0.2, 0.25) is 0 Å². The quantitative estimate of drug-likeness (QED) is 0.886. The summed E-state index contributed by atoms with van der Waals surface area (Å²) in [5.74, 6) is 0.572. The molecule has 0 spiro atoms. The second-order valence-electron chi connectivity index (χ2n) is 5.24. The number of nitrogens with two attached hydrogens (primary N) is 1. The molecule has 18 heavy (non-hydrogen) atoms.